The van der Waals surface area contributed by atoms with Crippen molar-refractivity contribution >= 4 is 136 Å². The predicted octanol–water partition coefficient (Wildman–Crippen LogP) is 15.2. The van der Waals surface area contributed by atoms with E-state index in [1.807, 2.05) is 48.5 Å². The van der Waals surface area contributed by atoms with Gasteiger partial charge in [0, 0.05) is 28.7 Å². The Labute approximate surface area is 503 Å². The van der Waals surface area contributed by atoms with Crippen LogP contribution in [0.5, 0.6) is 0 Å². The van der Waals surface area contributed by atoms with Crippen LogP contribution in [-0.2, 0) is 15.9 Å². The summed E-state index contributed by atoms with van der Waals surface area (Å²) in [5, 5.41) is 29.0. The molecule has 404 valence electrons. The van der Waals surface area contributed by atoms with Crippen LogP contribution in [0, 0.1) is 0 Å². The molecule has 0 saturated heterocycles. The smallest absolute Gasteiger partial charge is 0.0134 e. The molecule has 8 aromatic carbocycles. The number of rotatable bonds is 8. The average Bonchev–Trinajstić information content (AvgIpc) is 3.51. The van der Waals surface area contributed by atoms with E-state index in [1.165, 1.54) is 31.8 Å². The molecule has 6 nitrogen and oxygen atoms in total. The third-order valence-corrected chi connectivity index (χ3v) is 17.1. The number of aromatic nitrogens is 4. The Morgan fingerprint density at radius 1 is 0.350 bits per heavy atom. The fourth-order valence-electron chi connectivity index (χ4n) is 7.72. The number of hydrogen-bond donors (Lipinski definition) is 2. The second-order valence-corrected chi connectivity index (χ2v) is 24.5. The van der Waals surface area contributed by atoms with E-state index in [4.69, 9.17) is 63.9 Å². The SMILES string of the molecule is C.Clc1ccc2c(Cl)ccnc2n1.Clc1ccnc2nc(-c3ccccc3)ccc12.OB(O)c1ccccc1.[Cl][Pd][Cl].c1ccc(P(c2ccccc2)c2ccccc2)cc1.c1ccc(P(c2ccccc2)c2ccccc2)cc1. The Hall–Kier alpha value is -6.16. The Morgan fingerprint density at radius 2 is 0.637 bits per heavy atom. The molecule has 15 heteroatoms. The fraction of sp³-hybridized carbons (Fsp3) is 0.0154. The summed E-state index contributed by atoms with van der Waals surface area (Å²) < 4.78 is 0. The second kappa shape index (κ2) is 34.9. The maximum absolute atomic E-state index is 8.58. The minimum atomic E-state index is -1.34. The van der Waals surface area contributed by atoms with Crippen molar-refractivity contribution in [1.29, 1.82) is 0 Å². The first-order valence-electron chi connectivity index (χ1n) is 24.4. The maximum atomic E-state index is 8.58. The largest absolute Gasteiger partial charge is 0.0622 e. The van der Waals surface area contributed by atoms with Gasteiger partial charge in [0.1, 0.15) is 5.15 Å². The van der Waals surface area contributed by atoms with Crippen molar-refractivity contribution in [2.24, 2.45) is 0 Å². The quantitative estimate of drug-likeness (QED) is 0.0895. The number of halogens is 5. The van der Waals surface area contributed by atoms with Gasteiger partial charge in [-0.1, -0.05) is 285 Å². The van der Waals surface area contributed by atoms with Crippen molar-refractivity contribution in [3.63, 3.8) is 0 Å². The van der Waals surface area contributed by atoms with Gasteiger partial charge in [0.15, 0.2) is 11.3 Å². The van der Waals surface area contributed by atoms with Gasteiger partial charge in [-0.25, -0.2) is 19.9 Å². The third-order valence-electron chi connectivity index (χ3n) is 11.3. The van der Waals surface area contributed by atoms with Crippen LogP contribution in [0.4, 0.5) is 0 Å². The minimum Gasteiger partial charge on any atom is -0.0622 e. The zero-order chi connectivity index (χ0) is 55.4. The van der Waals surface area contributed by atoms with E-state index < -0.39 is 23.0 Å². The average molecular weight is 1280 g/mol. The molecule has 0 aliphatic heterocycles. The summed E-state index contributed by atoms with van der Waals surface area (Å²) in [7, 11) is 7.39. The van der Waals surface area contributed by atoms with Crippen LogP contribution in [0.2, 0.25) is 15.2 Å². The standard InChI is InChI=1S/2C18H15P.C14H9ClN2.C8H4Cl2N2.C6H7BO2.CH4.2ClH.Pd/c2*1-4-10-16(11-5-1)19(17-12-6-2-7-13-17)18-14-8-3-9-15-18;15-12-8-9-16-14-11(12)6-7-13(17-14)10-4-2-1-3-5-10;9-6-3-4-11-8-5(6)1-2-7(10)12-8;8-7(9)6-4-2-1-3-5-6;;;;/h2*1-15H;1-9H;1-4H;1-5,8-9H;1H4;2*1H;/q;;;;;;;;+2/p-2. The summed E-state index contributed by atoms with van der Waals surface area (Å²) in [4.78, 5) is 16.8. The van der Waals surface area contributed by atoms with Crippen LogP contribution in [-0.4, -0.2) is 37.1 Å². The first-order valence-corrected chi connectivity index (χ1v) is 32.2. The van der Waals surface area contributed by atoms with Crippen molar-refractivity contribution in [1.82, 2.24) is 19.9 Å². The Kier molecular flexibility index (Phi) is 27.5. The predicted molar refractivity (Wildman–Crippen MR) is 345 cm³/mol. The molecule has 0 atom stereocenters. The Balaban J connectivity index is 0.000000162. The second-order valence-electron chi connectivity index (χ2n) is 16.5. The number of fused-ring (bicyclic) bond motifs is 2. The van der Waals surface area contributed by atoms with Gasteiger partial charge in [-0.15, -0.1) is 0 Å². The number of nitrogens with zero attached hydrogens (tertiary/aromatic N) is 4. The molecule has 4 aromatic heterocycles. The molecular weight excluding hydrogens is 1230 g/mol. The van der Waals surface area contributed by atoms with Crippen LogP contribution in [0.25, 0.3) is 33.3 Å². The minimum absolute atomic E-state index is 0. The molecule has 0 radical (unpaired) electrons. The summed E-state index contributed by atoms with van der Waals surface area (Å²) in [5.41, 5.74) is 3.77. The molecule has 80 heavy (non-hydrogen) atoms. The number of pyridine rings is 4. The first-order chi connectivity index (χ1) is 38.7. The van der Waals surface area contributed by atoms with Crippen LogP contribution < -0.4 is 37.3 Å². The van der Waals surface area contributed by atoms with Gasteiger partial charge in [-0.05, 0) is 89.5 Å². The number of hydrogen-bond acceptors (Lipinski definition) is 6. The molecule has 0 aliphatic rings. The normalized spacial score (nSPS) is 10.2. The van der Waals surface area contributed by atoms with E-state index in [0.717, 1.165) is 22.0 Å². The van der Waals surface area contributed by atoms with Crippen molar-refractivity contribution in [3.05, 3.63) is 307 Å². The molecule has 2 N–H and O–H groups in total. The molecule has 0 fully saturated rings. The van der Waals surface area contributed by atoms with Gasteiger partial charge in [0.2, 0.25) is 0 Å². The molecule has 4 heterocycles. The maximum Gasteiger partial charge on any atom is -0.0134 e. The molecular formula is C65H54BCl5N4O2P2Pd. The zero-order valence-electron chi connectivity index (χ0n) is 42.1. The zero-order valence-corrected chi connectivity index (χ0v) is 49.2. The topological polar surface area (TPSA) is 92.0 Å². The molecule has 12 aromatic rings. The Morgan fingerprint density at radius 3 is 0.950 bits per heavy atom. The van der Waals surface area contributed by atoms with E-state index in [-0.39, 0.29) is 23.4 Å². The van der Waals surface area contributed by atoms with E-state index in [2.05, 4.69) is 202 Å². The summed E-state index contributed by atoms with van der Waals surface area (Å²) in [5.74, 6) is 0. The van der Waals surface area contributed by atoms with Crippen molar-refractivity contribution < 1.29 is 26.0 Å². The van der Waals surface area contributed by atoms with E-state index in [0.29, 0.717) is 32.0 Å². The van der Waals surface area contributed by atoms with E-state index in [1.54, 1.807) is 60.9 Å². The van der Waals surface area contributed by atoms with Crippen LogP contribution in [0.15, 0.2) is 291 Å². The molecule has 0 unspecified atom stereocenters. The van der Waals surface area contributed by atoms with Gasteiger partial charge < -0.3 is 10.0 Å². The molecule has 0 amide bonds. The van der Waals surface area contributed by atoms with Gasteiger partial charge in [0.25, 0.3) is 0 Å². The Bertz CT molecular complexity index is 3340. The van der Waals surface area contributed by atoms with E-state index in [9.17, 15) is 0 Å². The van der Waals surface area contributed by atoms with Gasteiger partial charge in [-0.2, -0.15) is 0 Å². The van der Waals surface area contributed by atoms with E-state index >= 15 is 0 Å². The summed E-state index contributed by atoms with van der Waals surface area (Å²) in [6.07, 6.45) is 3.28. The van der Waals surface area contributed by atoms with Crippen molar-refractivity contribution in [3.8, 4) is 11.3 Å². The number of benzene rings is 8. The fourth-order valence-corrected chi connectivity index (χ4v) is 12.9. The third kappa shape index (κ3) is 19.5. The molecule has 0 bridgehead atoms. The summed E-state index contributed by atoms with van der Waals surface area (Å²) in [6, 6.07) is 94.2. The van der Waals surface area contributed by atoms with Crippen molar-refractivity contribution in [2.45, 2.75) is 7.43 Å². The summed E-state index contributed by atoms with van der Waals surface area (Å²) >= 11 is 17.5. The van der Waals surface area contributed by atoms with Crippen LogP contribution in [0.1, 0.15) is 7.43 Å². The molecule has 0 spiro atoms. The molecule has 12 rings (SSSR count). The molecule has 0 saturated carbocycles. The summed E-state index contributed by atoms with van der Waals surface area (Å²) in [6.45, 7) is 0. The molecule has 0 aliphatic carbocycles. The van der Waals surface area contributed by atoms with Gasteiger partial charge >= 0.3 is 42.1 Å². The monoisotopic (exact) mass is 1280 g/mol. The van der Waals surface area contributed by atoms with Gasteiger partial charge in [-0.3, -0.25) is 0 Å². The van der Waals surface area contributed by atoms with Crippen LogP contribution >= 0.6 is 69.7 Å². The van der Waals surface area contributed by atoms with Gasteiger partial charge in [0.05, 0.1) is 15.7 Å². The van der Waals surface area contributed by atoms with Crippen molar-refractivity contribution in [2.75, 3.05) is 0 Å². The first kappa shape index (κ1) is 63.0. The van der Waals surface area contributed by atoms with Crippen LogP contribution in [0.3, 0.4) is 0 Å².